The minimum absolute atomic E-state index is 0.236. The summed E-state index contributed by atoms with van der Waals surface area (Å²) >= 11 is 0. The SMILES string of the molecule is CC(C)c1ccc(-n2ncc3c(=O)n(CC(=O)Nc4cc(F)ccc4F)cnc32)cc1. The van der Waals surface area contributed by atoms with Gasteiger partial charge in [-0.15, -0.1) is 0 Å². The van der Waals surface area contributed by atoms with E-state index in [4.69, 9.17) is 0 Å². The highest BCUT2D eigenvalue weighted by atomic mass is 19.1. The number of nitrogens with one attached hydrogen (secondary N) is 1. The Morgan fingerprint density at radius 3 is 2.58 bits per heavy atom. The minimum Gasteiger partial charge on any atom is -0.322 e. The summed E-state index contributed by atoms with van der Waals surface area (Å²) in [5.41, 5.74) is 1.52. The summed E-state index contributed by atoms with van der Waals surface area (Å²) in [6, 6.07) is 10.5. The van der Waals surface area contributed by atoms with E-state index in [0.717, 1.165) is 28.5 Å². The van der Waals surface area contributed by atoms with Crippen molar-refractivity contribution in [3.05, 3.63) is 82.5 Å². The van der Waals surface area contributed by atoms with Crippen LogP contribution < -0.4 is 10.9 Å². The molecule has 0 fully saturated rings. The lowest BCUT2D eigenvalue weighted by molar-refractivity contribution is -0.116. The van der Waals surface area contributed by atoms with E-state index < -0.39 is 29.6 Å². The second-order valence-electron chi connectivity index (χ2n) is 7.39. The maximum atomic E-state index is 13.7. The molecule has 0 saturated heterocycles. The molecule has 158 valence electrons. The summed E-state index contributed by atoms with van der Waals surface area (Å²) in [6.45, 7) is 3.79. The fourth-order valence-electron chi connectivity index (χ4n) is 3.19. The highest BCUT2D eigenvalue weighted by molar-refractivity contribution is 5.90. The van der Waals surface area contributed by atoms with Crippen molar-refractivity contribution >= 4 is 22.6 Å². The first kappa shape index (κ1) is 20.4. The average Bonchev–Trinajstić information content (AvgIpc) is 3.18. The van der Waals surface area contributed by atoms with Crippen LogP contribution in [0.1, 0.15) is 25.3 Å². The van der Waals surface area contributed by atoms with Crippen molar-refractivity contribution in [3.63, 3.8) is 0 Å². The molecule has 1 amide bonds. The Morgan fingerprint density at radius 2 is 1.87 bits per heavy atom. The Morgan fingerprint density at radius 1 is 1.13 bits per heavy atom. The predicted molar refractivity (Wildman–Crippen MR) is 112 cm³/mol. The van der Waals surface area contributed by atoms with Crippen molar-refractivity contribution in [2.75, 3.05) is 5.32 Å². The van der Waals surface area contributed by atoms with Crippen molar-refractivity contribution < 1.29 is 13.6 Å². The second-order valence-corrected chi connectivity index (χ2v) is 7.39. The Labute approximate surface area is 176 Å². The van der Waals surface area contributed by atoms with Crippen molar-refractivity contribution in [2.45, 2.75) is 26.3 Å². The standard InChI is InChI=1S/C22H19F2N5O2/c1-13(2)14-3-6-16(7-4-14)29-21-17(10-26-29)22(31)28(12-25-21)11-20(30)27-19-9-15(23)5-8-18(19)24/h3-10,12-13H,11H2,1-2H3,(H,27,30). The van der Waals surface area contributed by atoms with Crippen LogP contribution in [0.2, 0.25) is 0 Å². The molecule has 7 nitrogen and oxygen atoms in total. The van der Waals surface area contributed by atoms with E-state index in [0.29, 0.717) is 11.6 Å². The zero-order valence-corrected chi connectivity index (χ0v) is 16.8. The van der Waals surface area contributed by atoms with Gasteiger partial charge in [-0.1, -0.05) is 26.0 Å². The van der Waals surface area contributed by atoms with Crippen LogP contribution in [-0.2, 0) is 11.3 Å². The molecular formula is C22H19F2N5O2. The number of hydrogen-bond donors (Lipinski definition) is 1. The first-order valence-corrected chi connectivity index (χ1v) is 9.62. The summed E-state index contributed by atoms with van der Waals surface area (Å²) in [5, 5.41) is 6.75. The molecule has 2 heterocycles. The van der Waals surface area contributed by atoms with E-state index in [1.54, 1.807) is 4.68 Å². The number of rotatable bonds is 5. The lowest BCUT2D eigenvalue weighted by Gasteiger charge is -2.09. The van der Waals surface area contributed by atoms with Gasteiger partial charge in [0, 0.05) is 6.07 Å². The molecule has 0 saturated carbocycles. The summed E-state index contributed by atoms with van der Waals surface area (Å²) in [5.74, 6) is -1.77. The van der Waals surface area contributed by atoms with Gasteiger partial charge in [0.2, 0.25) is 5.91 Å². The highest BCUT2D eigenvalue weighted by Crippen LogP contribution is 2.19. The number of amides is 1. The smallest absolute Gasteiger partial charge is 0.264 e. The predicted octanol–water partition coefficient (Wildman–Crippen LogP) is 3.62. The molecule has 0 aliphatic rings. The van der Waals surface area contributed by atoms with Gasteiger partial charge in [0.25, 0.3) is 5.56 Å². The maximum Gasteiger partial charge on any atom is 0.264 e. The molecule has 0 aliphatic heterocycles. The summed E-state index contributed by atoms with van der Waals surface area (Å²) in [4.78, 5) is 29.3. The Kier molecular flexibility index (Phi) is 5.33. The van der Waals surface area contributed by atoms with E-state index in [1.165, 1.54) is 18.1 Å². The number of benzene rings is 2. The molecule has 31 heavy (non-hydrogen) atoms. The van der Waals surface area contributed by atoms with Crippen LogP contribution in [0.25, 0.3) is 16.7 Å². The third-order valence-corrected chi connectivity index (χ3v) is 4.88. The molecule has 2 aromatic heterocycles. The second kappa shape index (κ2) is 8.10. The number of fused-ring (bicyclic) bond motifs is 1. The van der Waals surface area contributed by atoms with Crippen LogP contribution in [0.3, 0.4) is 0 Å². The van der Waals surface area contributed by atoms with Crippen molar-refractivity contribution in [1.82, 2.24) is 19.3 Å². The number of carbonyl (C=O) groups is 1. The molecule has 2 aromatic carbocycles. The van der Waals surface area contributed by atoms with E-state index >= 15 is 0 Å². The van der Waals surface area contributed by atoms with E-state index in [2.05, 4.69) is 29.2 Å². The van der Waals surface area contributed by atoms with Gasteiger partial charge in [-0.2, -0.15) is 5.10 Å². The topological polar surface area (TPSA) is 81.8 Å². The lowest BCUT2D eigenvalue weighted by Crippen LogP contribution is -2.28. The number of aromatic nitrogens is 4. The van der Waals surface area contributed by atoms with Crippen LogP contribution in [0.4, 0.5) is 14.5 Å². The third-order valence-electron chi connectivity index (χ3n) is 4.88. The van der Waals surface area contributed by atoms with Crippen molar-refractivity contribution in [2.24, 2.45) is 0 Å². The average molecular weight is 423 g/mol. The van der Waals surface area contributed by atoms with Gasteiger partial charge in [0.05, 0.1) is 17.6 Å². The van der Waals surface area contributed by atoms with Gasteiger partial charge >= 0.3 is 0 Å². The monoisotopic (exact) mass is 423 g/mol. The third kappa shape index (κ3) is 4.07. The number of anilines is 1. The number of carbonyl (C=O) groups excluding carboxylic acids is 1. The Balaban J connectivity index is 1.59. The van der Waals surface area contributed by atoms with Crippen LogP contribution in [0.15, 0.2) is 59.8 Å². The maximum absolute atomic E-state index is 13.7. The van der Waals surface area contributed by atoms with Crippen LogP contribution in [-0.4, -0.2) is 25.2 Å². The highest BCUT2D eigenvalue weighted by Gasteiger charge is 2.15. The van der Waals surface area contributed by atoms with E-state index in [9.17, 15) is 18.4 Å². The first-order valence-electron chi connectivity index (χ1n) is 9.62. The molecule has 0 radical (unpaired) electrons. The van der Waals surface area contributed by atoms with Crippen LogP contribution in [0.5, 0.6) is 0 Å². The van der Waals surface area contributed by atoms with Crippen molar-refractivity contribution in [3.8, 4) is 5.69 Å². The number of nitrogens with zero attached hydrogens (tertiary/aromatic N) is 4. The molecule has 0 bridgehead atoms. The molecule has 4 rings (SSSR count). The normalized spacial score (nSPS) is 11.3. The fraction of sp³-hybridized carbons (Fsp3) is 0.182. The lowest BCUT2D eigenvalue weighted by atomic mass is 10.0. The summed E-state index contributed by atoms with van der Waals surface area (Å²) in [7, 11) is 0. The zero-order chi connectivity index (χ0) is 22.1. The zero-order valence-electron chi connectivity index (χ0n) is 16.8. The first-order chi connectivity index (χ1) is 14.8. The Hall–Kier alpha value is -3.88. The minimum atomic E-state index is -0.777. The molecule has 4 aromatic rings. The van der Waals surface area contributed by atoms with Crippen LogP contribution in [0, 0.1) is 11.6 Å². The fourth-order valence-corrected chi connectivity index (χ4v) is 3.19. The summed E-state index contributed by atoms with van der Waals surface area (Å²) in [6.07, 6.45) is 2.62. The molecule has 9 heteroatoms. The summed E-state index contributed by atoms with van der Waals surface area (Å²) < 4.78 is 29.6. The molecule has 0 spiro atoms. The Bertz CT molecular complexity index is 1330. The molecule has 1 N–H and O–H groups in total. The van der Waals surface area contributed by atoms with Gasteiger partial charge < -0.3 is 5.32 Å². The molecular weight excluding hydrogens is 404 g/mol. The van der Waals surface area contributed by atoms with Gasteiger partial charge in [0.1, 0.15) is 29.9 Å². The van der Waals surface area contributed by atoms with Gasteiger partial charge in [-0.05, 0) is 35.7 Å². The quantitative estimate of drug-likeness (QED) is 0.532. The van der Waals surface area contributed by atoms with Crippen LogP contribution >= 0.6 is 0 Å². The number of halogens is 2. The molecule has 0 unspecified atom stereocenters. The van der Waals surface area contributed by atoms with E-state index in [1.807, 2.05) is 24.3 Å². The van der Waals surface area contributed by atoms with Gasteiger partial charge in [0.15, 0.2) is 5.65 Å². The molecule has 0 atom stereocenters. The number of hydrogen-bond acceptors (Lipinski definition) is 4. The molecule has 0 aliphatic carbocycles. The van der Waals surface area contributed by atoms with Gasteiger partial charge in [-0.25, -0.2) is 18.4 Å². The van der Waals surface area contributed by atoms with Crippen molar-refractivity contribution in [1.29, 1.82) is 0 Å². The van der Waals surface area contributed by atoms with Gasteiger partial charge in [-0.3, -0.25) is 14.2 Å². The largest absolute Gasteiger partial charge is 0.322 e. The van der Waals surface area contributed by atoms with E-state index in [-0.39, 0.29) is 11.1 Å².